The number of nitrogens with zero attached hydrogens (tertiary/aromatic N) is 2. The third-order valence-corrected chi connectivity index (χ3v) is 7.05. The maximum absolute atomic E-state index is 12.6. The lowest BCUT2D eigenvalue weighted by Gasteiger charge is -2.22. The van der Waals surface area contributed by atoms with Crippen LogP contribution in [0.25, 0.3) is 10.6 Å². The smallest absolute Gasteiger partial charge is 0.273 e. The van der Waals surface area contributed by atoms with Crippen LogP contribution < -0.4 is 0 Å². The van der Waals surface area contributed by atoms with Crippen molar-refractivity contribution in [2.75, 3.05) is 18.6 Å². The van der Waals surface area contributed by atoms with Crippen LogP contribution in [0.5, 0.6) is 0 Å². The first-order valence-corrected chi connectivity index (χ1v) is 10.6. The Morgan fingerprint density at radius 2 is 2.04 bits per heavy atom. The number of carbonyl (C=O) groups excluding carboxylic acids is 1. The minimum atomic E-state index is -3.01. The van der Waals surface area contributed by atoms with Gasteiger partial charge >= 0.3 is 0 Å². The number of sulfone groups is 1. The van der Waals surface area contributed by atoms with Crippen molar-refractivity contribution in [3.63, 3.8) is 0 Å². The molecule has 0 aliphatic carbocycles. The topological polar surface area (TPSA) is 67.3 Å². The second-order valence-electron chi connectivity index (χ2n) is 6.06. The fourth-order valence-corrected chi connectivity index (χ4v) is 5.39. The van der Waals surface area contributed by atoms with E-state index in [2.05, 4.69) is 24.0 Å². The van der Waals surface area contributed by atoms with Crippen molar-refractivity contribution in [1.29, 1.82) is 0 Å². The summed E-state index contributed by atoms with van der Waals surface area (Å²) in [6.07, 6.45) is 1.48. The Morgan fingerprint density at radius 1 is 1.33 bits per heavy atom. The van der Waals surface area contributed by atoms with Crippen molar-refractivity contribution < 1.29 is 13.2 Å². The summed E-state index contributed by atoms with van der Waals surface area (Å²) >= 11 is 1.43. The molecule has 24 heavy (non-hydrogen) atoms. The molecule has 0 bridgehead atoms. The lowest BCUT2D eigenvalue weighted by molar-refractivity contribution is 0.0742. The predicted molar refractivity (Wildman–Crippen MR) is 96.1 cm³/mol. The monoisotopic (exact) mass is 364 g/mol. The van der Waals surface area contributed by atoms with Gasteiger partial charge in [0.05, 0.1) is 11.5 Å². The molecule has 3 rings (SSSR count). The minimum absolute atomic E-state index is 0.0463. The van der Waals surface area contributed by atoms with Crippen LogP contribution in [0.3, 0.4) is 0 Å². The molecule has 2 aromatic rings. The first-order chi connectivity index (χ1) is 11.4. The molecule has 1 aromatic heterocycles. The summed E-state index contributed by atoms with van der Waals surface area (Å²) in [5.74, 6) is -0.0173. The van der Waals surface area contributed by atoms with Gasteiger partial charge in [-0.2, -0.15) is 0 Å². The third-order valence-electron chi connectivity index (χ3n) is 4.41. The van der Waals surface area contributed by atoms with E-state index in [1.807, 2.05) is 12.1 Å². The van der Waals surface area contributed by atoms with Gasteiger partial charge in [-0.05, 0) is 18.4 Å². The Hall–Kier alpha value is -1.73. The van der Waals surface area contributed by atoms with E-state index in [0.717, 1.165) is 17.0 Å². The normalized spacial score (nSPS) is 19.3. The maximum atomic E-state index is 12.6. The van der Waals surface area contributed by atoms with Gasteiger partial charge in [-0.25, -0.2) is 13.4 Å². The van der Waals surface area contributed by atoms with Crippen molar-refractivity contribution in [2.24, 2.45) is 0 Å². The number of rotatable bonds is 4. The van der Waals surface area contributed by atoms with Crippen molar-refractivity contribution >= 4 is 27.1 Å². The maximum Gasteiger partial charge on any atom is 0.273 e. The number of amides is 1. The Labute approximate surface area is 146 Å². The fraction of sp³-hybridized carbons (Fsp3) is 0.412. The molecule has 1 fully saturated rings. The van der Waals surface area contributed by atoms with Crippen molar-refractivity contribution in [3.8, 4) is 10.6 Å². The molecule has 1 aromatic carbocycles. The van der Waals surface area contributed by atoms with Gasteiger partial charge in [-0.3, -0.25) is 4.79 Å². The summed E-state index contributed by atoms with van der Waals surface area (Å²) in [5.41, 5.74) is 2.62. The van der Waals surface area contributed by atoms with Gasteiger partial charge in [-0.1, -0.05) is 31.2 Å². The Morgan fingerprint density at radius 3 is 2.62 bits per heavy atom. The standard InChI is InChI=1S/C17H20N2O3S2/c1-3-12-4-6-13(7-5-12)16-18-15(10-23-16)17(20)19(2)14-8-9-24(21,22)11-14/h4-7,10,14H,3,8-9,11H2,1-2H3. The molecule has 1 saturated heterocycles. The second kappa shape index (κ2) is 6.64. The van der Waals surface area contributed by atoms with Crippen molar-refractivity contribution in [3.05, 3.63) is 40.9 Å². The molecule has 128 valence electrons. The SMILES string of the molecule is CCc1ccc(-c2nc(C(=O)N(C)C3CCS(=O)(=O)C3)cs2)cc1. The molecular weight excluding hydrogens is 344 g/mol. The summed E-state index contributed by atoms with van der Waals surface area (Å²) in [5, 5.41) is 2.54. The number of aryl methyl sites for hydroxylation is 1. The van der Waals surface area contributed by atoms with Crippen molar-refractivity contribution in [2.45, 2.75) is 25.8 Å². The number of benzene rings is 1. The van der Waals surface area contributed by atoms with E-state index in [-0.39, 0.29) is 23.5 Å². The van der Waals surface area contributed by atoms with Crippen molar-refractivity contribution in [1.82, 2.24) is 9.88 Å². The number of hydrogen-bond acceptors (Lipinski definition) is 5. The van der Waals surface area contributed by atoms with Gasteiger partial charge in [0.25, 0.3) is 5.91 Å². The second-order valence-corrected chi connectivity index (χ2v) is 9.15. The quantitative estimate of drug-likeness (QED) is 0.836. The number of carbonyl (C=O) groups is 1. The summed E-state index contributed by atoms with van der Waals surface area (Å²) in [4.78, 5) is 18.5. The highest BCUT2D eigenvalue weighted by molar-refractivity contribution is 7.91. The molecule has 1 atom stereocenters. The minimum Gasteiger partial charge on any atom is -0.336 e. The van der Waals surface area contributed by atoms with Gasteiger partial charge < -0.3 is 4.90 Å². The Bertz CT molecular complexity index is 841. The van der Waals surface area contributed by atoms with Gasteiger partial charge in [0.2, 0.25) is 0 Å². The van der Waals surface area contributed by atoms with Gasteiger partial charge in [0.1, 0.15) is 10.7 Å². The molecule has 1 aliphatic heterocycles. The van der Waals surface area contributed by atoms with E-state index in [0.29, 0.717) is 12.1 Å². The zero-order chi connectivity index (χ0) is 17.3. The van der Waals surface area contributed by atoms with E-state index >= 15 is 0 Å². The van der Waals surface area contributed by atoms with Crippen LogP contribution in [0, 0.1) is 0 Å². The average Bonchev–Trinajstić information content (AvgIpc) is 3.20. The highest BCUT2D eigenvalue weighted by atomic mass is 32.2. The number of aromatic nitrogens is 1. The van der Waals surface area contributed by atoms with Gasteiger partial charge in [0.15, 0.2) is 9.84 Å². The highest BCUT2D eigenvalue weighted by Crippen LogP contribution is 2.26. The average molecular weight is 364 g/mol. The first kappa shape index (κ1) is 17.1. The third kappa shape index (κ3) is 3.52. The van der Waals surface area contributed by atoms with E-state index in [1.165, 1.54) is 21.8 Å². The lowest BCUT2D eigenvalue weighted by Crippen LogP contribution is -2.38. The Kier molecular flexibility index (Phi) is 4.73. The summed E-state index contributed by atoms with van der Waals surface area (Å²) < 4.78 is 23.2. The first-order valence-electron chi connectivity index (χ1n) is 7.92. The molecule has 0 radical (unpaired) electrons. The van der Waals surface area contributed by atoms with Crippen LogP contribution in [0.2, 0.25) is 0 Å². The predicted octanol–water partition coefficient (Wildman–Crippen LogP) is 2.63. The largest absolute Gasteiger partial charge is 0.336 e. The van der Waals surface area contributed by atoms with E-state index in [1.54, 1.807) is 12.4 Å². The zero-order valence-corrected chi connectivity index (χ0v) is 15.4. The van der Waals surface area contributed by atoms with Crippen LogP contribution in [0.15, 0.2) is 29.6 Å². The van der Waals surface area contributed by atoms with E-state index in [4.69, 9.17) is 0 Å². The van der Waals surface area contributed by atoms with E-state index in [9.17, 15) is 13.2 Å². The number of thiazole rings is 1. The van der Waals surface area contributed by atoms with Crippen LogP contribution in [-0.4, -0.2) is 48.8 Å². The molecule has 0 saturated carbocycles. The van der Waals surface area contributed by atoms with Gasteiger partial charge in [0, 0.05) is 24.0 Å². The molecule has 0 N–H and O–H groups in total. The zero-order valence-electron chi connectivity index (χ0n) is 13.7. The van der Waals surface area contributed by atoms with Crippen LogP contribution in [0.4, 0.5) is 0 Å². The molecule has 5 nitrogen and oxygen atoms in total. The lowest BCUT2D eigenvalue weighted by atomic mass is 10.1. The molecule has 1 aliphatic rings. The van der Waals surface area contributed by atoms with Crippen LogP contribution >= 0.6 is 11.3 Å². The molecule has 7 heteroatoms. The van der Waals surface area contributed by atoms with Crippen LogP contribution in [0.1, 0.15) is 29.4 Å². The fourth-order valence-electron chi connectivity index (χ4n) is 2.81. The van der Waals surface area contributed by atoms with Gasteiger partial charge in [-0.15, -0.1) is 11.3 Å². The summed E-state index contributed by atoms with van der Waals surface area (Å²) in [6.45, 7) is 2.11. The molecular formula is C17H20N2O3S2. The summed E-state index contributed by atoms with van der Waals surface area (Å²) in [6, 6.07) is 7.90. The molecule has 1 amide bonds. The molecule has 0 spiro atoms. The Balaban J connectivity index is 1.75. The number of hydrogen-bond donors (Lipinski definition) is 0. The van der Waals surface area contributed by atoms with E-state index < -0.39 is 9.84 Å². The molecule has 1 unspecified atom stereocenters. The summed E-state index contributed by atoms with van der Waals surface area (Å²) in [7, 11) is -1.36. The van der Waals surface area contributed by atoms with Crippen LogP contribution in [-0.2, 0) is 16.3 Å². The highest BCUT2D eigenvalue weighted by Gasteiger charge is 2.33. The molecule has 2 heterocycles.